The Morgan fingerprint density at radius 3 is 2.92 bits per heavy atom. The van der Waals surface area contributed by atoms with Gasteiger partial charge in [0.1, 0.15) is 5.76 Å². The first-order valence-corrected chi connectivity index (χ1v) is 8.30. The maximum absolute atomic E-state index is 12.4. The van der Waals surface area contributed by atoms with Crippen molar-refractivity contribution in [1.29, 1.82) is 0 Å². The topological polar surface area (TPSA) is 63.3 Å². The van der Waals surface area contributed by atoms with Gasteiger partial charge in [-0.3, -0.25) is 4.79 Å². The monoisotopic (exact) mass is 392 g/mol. The predicted molar refractivity (Wildman–Crippen MR) is 99.3 cm³/mol. The van der Waals surface area contributed by atoms with Gasteiger partial charge in [0.25, 0.3) is 5.91 Å². The maximum Gasteiger partial charge on any atom is 0.289 e. The molecular weight excluding hydrogens is 371 g/mol. The molecule has 2 aromatic rings. The van der Waals surface area contributed by atoms with Crippen molar-refractivity contribution < 1.29 is 9.21 Å². The molecule has 0 bridgehead atoms. The van der Waals surface area contributed by atoms with Crippen LogP contribution in [0.15, 0.2) is 34.1 Å². The van der Waals surface area contributed by atoms with Gasteiger partial charge in [0, 0.05) is 39.1 Å². The second kappa shape index (κ2) is 9.36. The number of aromatic nitrogens is 2. The number of amides is 1. The molecule has 1 aliphatic rings. The molecule has 0 aliphatic carbocycles. The van der Waals surface area contributed by atoms with Gasteiger partial charge in [-0.25, -0.2) is 4.98 Å². The van der Waals surface area contributed by atoms with E-state index in [1.54, 1.807) is 28.9 Å². The highest BCUT2D eigenvalue weighted by Crippen LogP contribution is 2.22. The second-order valence-corrected chi connectivity index (χ2v) is 6.38. The highest BCUT2D eigenvalue weighted by atomic mass is 35.5. The minimum absolute atomic E-state index is 0. The summed E-state index contributed by atoms with van der Waals surface area (Å²) in [4.78, 5) is 18.4. The van der Waals surface area contributed by atoms with E-state index in [4.69, 9.17) is 4.42 Å². The fourth-order valence-electron chi connectivity index (χ4n) is 2.51. The van der Waals surface area contributed by atoms with Crippen LogP contribution in [0, 0.1) is 0 Å². The summed E-state index contributed by atoms with van der Waals surface area (Å²) in [6, 6.07) is 3.88. The third-order valence-corrected chi connectivity index (χ3v) is 4.98. The Morgan fingerprint density at radius 2 is 2.29 bits per heavy atom. The van der Waals surface area contributed by atoms with Gasteiger partial charge >= 0.3 is 0 Å². The number of halogens is 2. The first-order valence-electron chi connectivity index (χ1n) is 7.32. The normalized spacial score (nSPS) is 16.3. The van der Waals surface area contributed by atoms with Crippen molar-refractivity contribution >= 4 is 42.5 Å². The zero-order chi connectivity index (χ0) is 15.5. The molecule has 1 N–H and O–H groups in total. The van der Waals surface area contributed by atoms with Crippen molar-refractivity contribution in [3.05, 3.63) is 36.0 Å². The SMILES string of the molecule is CN(C(=O)c1ccc(CSc2nccn2C)o1)C1CCNC1.Cl.Cl. The standard InChI is InChI=1S/C15H20N4O2S.2ClH/c1-18-8-7-17-15(18)22-10-12-3-4-13(21-12)14(20)19(2)11-5-6-16-9-11;;/h3-4,7-8,11,16H,5-6,9-10H2,1-2H3;2*1H. The molecule has 1 amide bonds. The fraction of sp³-hybridized carbons (Fsp3) is 0.467. The summed E-state index contributed by atoms with van der Waals surface area (Å²) in [6.45, 7) is 1.82. The fourth-order valence-corrected chi connectivity index (χ4v) is 3.33. The summed E-state index contributed by atoms with van der Waals surface area (Å²) >= 11 is 1.59. The van der Waals surface area contributed by atoms with Crippen LogP contribution in [-0.4, -0.2) is 46.5 Å². The molecule has 24 heavy (non-hydrogen) atoms. The first kappa shape index (κ1) is 20.9. The number of carbonyl (C=O) groups excluding carboxylic acids is 1. The van der Waals surface area contributed by atoms with E-state index in [9.17, 15) is 4.79 Å². The Bertz CT molecular complexity index is 655. The van der Waals surface area contributed by atoms with Crippen LogP contribution in [0.25, 0.3) is 0 Å². The Kier molecular flexibility index (Phi) is 8.15. The van der Waals surface area contributed by atoms with Gasteiger partial charge in [-0.15, -0.1) is 24.8 Å². The molecular formula is C15H22Cl2N4O2S. The van der Waals surface area contributed by atoms with Crippen LogP contribution in [0.2, 0.25) is 0 Å². The summed E-state index contributed by atoms with van der Waals surface area (Å²) in [6.07, 6.45) is 4.67. The summed E-state index contributed by atoms with van der Waals surface area (Å²) in [5, 5.41) is 4.20. The molecule has 0 saturated carbocycles. The number of aryl methyl sites for hydroxylation is 1. The molecule has 0 radical (unpaired) electrons. The smallest absolute Gasteiger partial charge is 0.289 e. The van der Waals surface area contributed by atoms with Gasteiger partial charge in [0.15, 0.2) is 10.9 Å². The number of imidazole rings is 1. The van der Waals surface area contributed by atoms with E-state index in [1.165, 1.54) is 0 Å². The van der Waals surface area contributed by atoms with Crippen LogP contribution in [0.3, 0.4) is 0 Å². The Morgan fingerprint density at radius 1 is 1.50 bits per heavy atom. The molecule has 1 unspecified atom stereocenters. The number of rotatable bonds is 5. The van der Waals surface area contributed by atoms with E-state index in [0.717, 1.165) is 30.4 Å². The number of likely N-dealkylation sites (N-methyl/N-ethyl adjacent to an activating group) is 1. The molecule has 6 nitrogen and oxygen atoms in total. The van der Waals surface area contributed by atoms with Crippen LogP contribution in [0.4, 0.5) is 0 Å². The number of thioether (sulfide) groups is 1. The van der Waals surface area contributed by atoms with Crippen LogP contribution in [-0.2, 0) is 12.8 Å². The van der Waals surface area contributed by atoms with E-state index in [0.29, 0.717) is 11.5 Å². The molecule has 134 valence electrons. The summed E-state index contributed by atoms with van der Waals surface area (Å²) in [5.41, 5.74) is 0. The molecule has 3 heterocycles. The minimum Gasteiger partial charge on any atom is -0.455 e. The molecule has 1 atom stereocenters. The van der Waals surface area contributed by atoms with Crippen molar-refractivity contribution in [3.63, 3.8) is 0 Å². The quantitative estimate of drug-likeness (QED) is 0.792. The van der Waals surface area contributed by atoms with E-state index in [1.807, 2.05) is 30.9 Å². The molecule has 3 rings (SSSR count). The van der Waals surface area contributed by atoms with E-state index in [-0.39, 0.29) is 36.8 Å². The number of nitrogens with one attached hydrogen (secondary N) is 1. The molecule has 0 aromatic carbocycles. The number of nitrogens with zero attached hydrogens (tertiary/aromatic N) is 3. The van der Waals surface area contributed by atoms with Gasteiger partial charge < -0.3 is 19.2 Å². The lowest BCUT2D eigenvalue weighted by Crippen LogP contribution is -2.38. The number of furan rings is 1. The van der Waals surface area contributed by atoms with Gasteiger partial charge in [-0.1, -0.05) is 11.8 Å². The van der Waals surface area contributed by atoms with Crippen LogP contribution < -0.4 is 5.32 Å². The second-order valence-electron chi connectivity index (χ2n) is 5.44. The minimum atomic E-state index is -0.0538. The lowest BCUT2D eigenvalue weighted by Gasteiger charge is -2.22. The zero-order valence-corrected chi connectivity index (χ0v) is 16.0. The van der Waals surface area contributed by atoms with E-state index >= 15 is 0 Å². The predicted octanol–water partition coefficient (Wildman–Crippen LogP) is 2.58. The average molecular weight is 393 g/mol. The number of hydrogen-bond acceptors (Lipinski definition) is 5. The molecule has 1 fully saturated rings. The van der Waals surface area contributed by atoms with Crippen molar-refractivity contribution in [2.24, 2.45) is 7.05 Å². The van der Waals surface area contributed by atoms with Crippen LogP contribution in [0.1, 0.15) is 22.7 Å². The lowest BCUT2D eigenvalue weighted by molar-refractivity contribution is 0.0710. The van der Waals surface area contributed by atoms with Crippen LogP contribution in [0.5, 0.6) is 0 Å². The van der Waals surface area contributed by atoms with Crippen molar-refractivity contribution in [1.82, 2.24) is 19.8 Å². The average Bonchev–Trinajstić information content (AvgIpc) is 3.25. The van der Waals surface area contributed by atoms with Crippen molar-refractivity contribution in [2.45, 2.75) is 23.4 Å². The van der Waals surface area contributed by atoms with Gasteiger partial charge in [-0.2, -0.15) is 0 Å². The Labute approximate surface area is 158 Å². The van der Waals surface area contributed by atoms with E-state index in [2.05, 4.69) is 10.3 Å². The summed E-state index contributed by atoms with van der Waals surface area (Å²) < 4.78 is 7.65. The third kappa shape index (κ3) is 4.69. The van der Waals surface area contributed by atoms with Gasteiger partial charge in [0.2, 0.25) is 0 Å². The van der Waals surface area contributed by atoms with Crippen molar-refractivity contribution in [2.75, 3.05) is 20.1 Å². The molecule has 1 saturated heterocycles. The highest BCUT2D eigenvalue weighted by Gasteiger charge is 2.25. The lowest BCUT2D eigenvalue weighted by atomic mass is 10.2. The van der Waals surface area contributed by atoms with Gasteiger partial charge in [0.05, 0.1) is 5.75 Å². The Balaban J connectivity index is 0.00000144. The molecule has 1 aliphatic heterocycles. The highest BCUT2D eigenvalue weighted by molar-refractivity contribution is 7.98. The maximum atomic E-state index is 12.4. The summed E-state index contributed by atoms with van der Waals surface area (Å²) in [5.74, 6) is 1.80. The number of carbonyl (C=O) groups is 1. The molecule has 0 spiro atoms. The van der Waals surface area contributed by atoms with E-state index < -0.39 is 0 Å². The van der Waals surface area contributed by atoms with Gasteiger partial charge in [-0.05, 0) is 25.1 Å². The number of hydrogen-bond donors (Lipinski definition) is 1. The van der Waals surface area contributed by atoms with Crippen molar-refractivity contribution in [3.8, 4) is 0 Å². The Hall–Kier alpha value is -1.15. The zero-order valence-electron chi connectivity index (χ0n) is 13.6. The largest absolute Gasteiger partial charge is 0.455 e. The molecule has 9 heteroatoms. The third-order valence-electron chi connectivity index (χ3n) is 3.90. The summed E-state index contributed by atoms with van der Waals surface area (Å²) in [7, 11) is 3.79. The first-order chi connectivity index (χ1) is 10.6. The molecule has 2 aromatic heterocycles. The van der Waals surface area contributed by atoms with Crippen LogP contribution >= 0.6 is 36.6 Å².